The second-order valence-electron chi connectivity index (χ2n) is 12.7. The first kappa shape index (κ1) is 40.4. The Balaban J connectivity index is 2.10. The molecule has 2 aromatic rings. The van der Waals surface area contributed by atoms with E-state index >= 15 is 0 Å². The number of hydrogen-bond acceptors (Lipinski definition) is 8. The van der Waals surface area contributed by atoms with Gasteiger partial charge < -0.3 is 26.6 Å². The van der Waals surface area contributed by atoms with Gasteiger partial charge in [-0.25, -0.2) is 12.8 Å². The third-order valence-corrected chi connectivity index (χ3v) is 10.8. The van der Waals surface area contributed by atoms with Crippen molar-refractivity contribution in [1.82, 2.24) is 30.9 Å². The van der Waals surface area contributed by atoms with Crippen LogP contribution < -0.4 is 26.6 Å². The fourth-order valence-electron chi connectivity index (χ4n) is 5.34. The highest BCUT2D eigenvalue weighted by atomic mass is 32.2. The van der Waals surface area contributed by atoms with Gasteiger partial charge in [0.15, 0.2) is 0 Å². The Kier molecular flexibility index (Phi) is 14.8. The fraction of sp³-hybridized carbons (Fsp3) is 0.500. The lowest BCUT2D eigenvalue weighted by molar-refractivity contribution is -0.135. The van der Waals surface area contributed by atoms with E-state index in [4.69, 9.17) is 0 Å². The molecule has 274 valence electrons. The van der Waals surface area contributed by atoms with Crippen LogP contribution in [0.3, 0.4) is 0 Å². The van der Waals surface area contributed by atoms with Gasteiger partial charge in [0.2, 0.25) is 39.6 Å². The Labute approximate surface area is 297 Å². The van der Waals surface area contributed by atoms with E-state index < -0.39 is 94.6 Å². The summed E-state index contributed by atoms with van der Waals surface area (Å²) in [7, 11) is -4.56. The lowest BCUT2D eigenvalue weighted by Crippen LogP contribution is -2.60. The summed E-state index contributed by atoms with van der Waals surface area (Å²) in [5.41, 5.74) is 0.971. The highest BCUT2D eigenvalue weighted by molar-refractivity contribution is 7.98. The van der Waals surface area contributed by atoms with Crippen LogP contribution in [0.25, 0.3) is 0 Å². The smallest absolute Gasteiger partial charge is 0.243 e. The second kappa shape index (κ2) is 18.3. The number of benzene rings is 2. The molecule has 1 aliphatic heterocycles. The summed E-state index contributed by atoms with van der Waals surface area (Å²) in [6.07, 6.45) is 2.21. The van der Waals surface area contributed by atoms with Crippen molar-refractivity contribution >= 4 is 51.3 Å². The average molecular weight is 735 g/mol. The average Bonchev–Trinajstić information content (AvgIpc) is 3.05. The van der Waals surface area contributed by atoms with E-state index in [1.165, 1.54) is 38.6 Å². The number of nitrogens with zero attached hydrogens (tertiary/aromatic N) is 1. The Morgan fingerprint density at radius 1 is 0.860 bits per heavy atom. The Hall–Kier alpha value is -4.02. The van der Waals surface area contributed by atoms with Crippen LogP contribution in [0, 0.1) is 18.7 Å². The molecule has 3 rings (SSSR count). The minimum absolute atomic E-state index is 0.130. The summed E-state index contributed by atoms with van der Waals surface area (Å²) in [5.74, 6) is -4.15. The fourth-order valence-corrected chi connectivity index (χ4v) is 7.49. The molecule has 0 aliphatic carbocycles. The van der Waals surface area contributed by atoms with Crippen LogP contribution in [-0.4, -0.2) is 97.6 Å². The normalized spacial score (nSPS) is 23.9. The van der Waals surface area contributed by atoms with Crippen molar-refractivity contribution in [3.05, 3.63) is 65.5 Å². The highest BCUT2D eigenvalue weighted by Crippen LogP contribution is 2.22. The molecule has 1 fully saturated rings. The van der Waals surface area contributed by atoms with E-state index in [-0.39, 0.29) is 23.3 Å². The summed E-state index contributed by atoms with van der Waals surface area (Å²) in [5, 5.41) is 13.3. The van der Waals surface area contributed by atoms with Gasteiger partial charge >= 0.3 is 0 Å². The van der Waals surface area contributed by atoms with Gasteiger partial charge in [0.25, 0.3) is 0 Å². The van der Waals surface area contributed by atoms with E-state index in [1.54, 1.807) is 44.2 Å². The van der Waals surface area contributed by atoms with Crippen molar-refractivity contribution in [3.63, 3.8) is 0 Å². The van der Waals surface area contributed by atoms with Gasteiger partial charge in [-0.2, -0.15) is 16.1 Å². The first-order valence-electron chi connectivity index (χ1n) is 16.3. The minimum Gasteiger partial charge on any atom is -0.350 e. The highest BCUT2D eigenvalue weighted by Gasteiger charge is 2.35. The minimum atomic E-state index is -4.56. The van der Waals surface area contributed by atoms with Crippen molar-refractivity contribution in [2.45, 2.75) is 82.6 Å². The van der Waals surface area contributed by atoms with E-state index in [2.05, 4.69) is 26.6 Å². The molecule has 0 aromatic heterocycles. The van der Waals surface area contributed by atoms with Crippen molar-refractivity contribution in [2.75, 3.05) is 25.1 Å². The van der Waals surface area contributed by atoms with Crippen molar-refractivity contribution in [1.29, 1.82) is 0 Å². The SMILES string of the molecule is CSCC[C@@H]1NC(=O)[C@H](C(C)C)NC(=O)[C@@H](C)NC(=O)CN(S(=O)(=O)c2cc(F)ccc2C)C[C@@H](Cc2ccccc2)NC(=O)[C@H](C)NC1=O. The molecule has 5 amide bonds. The monoisotopic (exact) mass is 734 g/mol. The summed E-state index contributed by atoms with van der Waals surface area (Å²) in [6, 6.07) is 6.83. The number of halogens is 1. The van der Waals surface area contributed by atoms with Gasteiger partial charge in [-0.1, -0.05) is 50.2 Å². The molecule has 0 unspecified atom stereocenters. The molecule has 0 spiro atoms. The molecule has 0 radical (unpaired) electrons. The molecule has 1 saturated heterocycles. The number of thioether (sulfide) groups is 1. The molecule has 1 aliphatic rings. The summed E-state index contributed by atoms with van der Waals surface area (Å²) < 4.78 is 43.4. The van der Waals surface area contributed by atoms with Crippen molar-refractivity contribution in [3.8, 4) is 0 Å². The third-order valence-electron chi connectivity index (χ3n) is 8.20. The van der Waals surface area contributed by atoms with Crippen LogP contribution in [0.15, 0.2) is 53.4 Å². The van der Waals surface area contributed by atoms with E-state index in [9.17, 15) is 36.8 Å². The molecule has 0 bridgehead atoms. The predicted octanol–water partition coefficient (Wildman–Crippen LogP) is 1.25. The Morgan fingerprint density at radius 3 is 2.14 bits per heavy atom. The third kappa shape index (κ3) is 11.3. The summed E-state index contributed by atoms with van der Waals surface area (Å²) >= 11 is 1.46. The number of rotatable bonds is 8. The number of aryl methyl sites for hydroxylation is 1. The predicted molar refractivity (Wildman–Crippen MR) is 189 cm³/mol. The summed E-state index contributed by atoms with van der Waals surface area (Å²) in [6.45, 7) is 6.52. The van der Waals surface area contributed by atoms with Crippen molar-refractivity contribution < 1.29 is 36.8 Å². The zero-order valence-electron chi connectivity index (χ0n) is 29.1. The van der Waals surface area contributed by atoms with E-state index in [0.29, 0.717) is 5.75 Å². The zero-order chi connectivity index (χ0) is 37.2. The molecule has 1 heterocycles. The molecule has 5 N–H and O–H groups in total. The van der Waals surface area contributed by atoms with Crippen LogP contribution in [0.4, 0.5) is 4.39 Å². The van der Waals surface area contributed by atoms with Gasteiger partial charge in [-0.05, 0) is 74.8 Å². The molecule has 50 heavy (non-hydrogen) atoms. The molecule has 5 atom stereocenters. The largest absolute Gasteiger partial charge is 0.350 e. The Bertz CT molecular complexity index is 1640. The van der Waals surface area contributed by atoms with Crippen LogP contribution in [0.5, 0.6) is 0 Å². The van der Waals surface area contributed by atoms with Gasteiger partial charge in [0.1, 0.15) is 30.0 Å². The van der Waals surface area contributed by atoms with Gasteiger partial charge in [-0.15, -0.1) is 0 Å². The molecule has 16 heteroatoms. The number of carbonyl (C=O) groups excluding carboxylic acids is 5. The quantitative estimate of drug-likeness (QED) is 0.269. The molecular weight excluding hydrogens is 688 g/mol. The van der Waals surface area contributed by atoms with Gasteiger partial charge in [0.05, 0.1) is 11.4 Å². The first-order chi connectivity index (χ1) is 23.5. The van der Waals surface area contributed by atoms with E-state index in [1.807, 2.05) is 6.26 Å². The number of hydrogen-bond donors (Lipinski definition) is 5. The molecule has 2 aromatic carbocycles. The maximum absolute atomic E-state index is 14.4. The second-order valence-corrected chi connectivity index (χ2v) is 15.6. The Morgan fingerprint density at radius 2 is 1.50 bits per heavy atom. The molecule has 13 nitrogen and oxygen atoms in total. The van der Waals surface area contributed by atoms with E-state index in [0.717, 1.165) is 22.0 Å². The number of carbonyl (C=O) groups is 5. The lowest BCUT2D eigenvalue weighted by atomic mass is 10.0. The first-order valence-corrected chi connectivity index (χ1v) is 19.2. The summed E-state index contributed by atoms with van der Waals surface area (Å²) in [4.78, 5) is 66.7. The number of amides is 5. The van der Waals surface area contributed by atoms with Crippen LogP contribution >= 0.6 is 11.8 Å². The topological polar surface area (TPSA) is 183 Å². The molecule has 0 saturated carbocycles. The molecular formula is C34H47FN6O7S2. The standard InChI is InChI=1S/C34H47FN6O7S2/c1-20(2)30-34(46)39-27(14-15-49-6)33(45)37-23(5)31(43)38-26(16-24-10-8-7-9-11-24)18-41(19-29(42)36-22(4)32(44)40-30)50(47,48)28-17-25(35)13-12-21(28)3/h7-13,17,20,22-23,26-27,30H,14-16,18-19H2,1-6H3,(H,36,42)(H,37,45)(H,38,43)(H,39,46)(H,40,44)/t22-,23+,26-,27+,30+/m1/s1. The number of nitrogens with one attached hydrogen (secondary N) is 5. The van der Waals surface area contributed by atoms with Crippen molar-refractivity contribution in [2.24, 2.45) is 5.92 Å². The maximum Gasteiger partial charge on any atom is 0.243 e. The lowest BCUT2D eigenvalue weighted by Gasteiger charge is -2.30. The maximum atomic E-state index is 14.4. The van der Waals surface area contributed by atoms with Crippen LogP contribution in [0.2, 0.25) is 0 Å². The zero-order valence-corrected chi connectivity index (χ0v) is 30.8. The van der Waals surface area contributed by atoms with Gasteiger partial charge in [0, 0.05) is 12.6 Å². The van der Waals surface area contributed by atoms with Crippen LogP contribution in [-0.2, 0) is 40.4 Å². The number of sulfonamides is 1. The van der Waals surface area contributed by atoms with Crippen LogP contribution in [0.1, 0.15) is 45.2 Å². The van der Waals surface area contributed by atoms with Gasteiger partial charge in [-0.3, -0.25) is 24.0 Å².